The number of benzene rings is 2. The normalized spacial score (nSPS) is 11.1. The highest BCUT2D eigenvalue weighted by atomic mass is 35.5. The summed E-state index contributed by atoms with van der Waals surface area (Å²) in [7, 11) is 1.67. The number of halogens is 4. The minimum absolute atomic E-state index is 0.0733. The van der Waals surface area contributed by atoms with Crippen molar-refractivity contribution >= 4 is 28.9 Å². The molecule has 0 aliphatic heterocycles. The Labute approximate surface area is 130 Å². The Balaban J connectivity index is 2.23. The van der Waals surface area contributed by atoms with Gasteiger partial charge < -0.3 is 10.6 Å². The van der Waals surface area contributed by atoms with Gasteiger partial charge in [0.1, 0.15) is 0 Å². The van der Waals surface area contributed by atoms with E-state index in [1.807, 2.05) is 0 Å². The van der Waals surface area contributed by atoms with Crippen molar-refractivity contribution in [1.29, 1.82) is 0 Å². The molecule has 3 nitrogen and oxygen atoms in total. The maximum absolute atomic E-state index is 12.6. The topological polar surface area (TPSA) is 41.1 Å². The summed E-state index contributed by atoms with van der Waals surface area (Å²) in [5.41, 5.74) is 0.0858. The van der Waals surface area contributed by atoms with Crippen molar-refractivity contribution in [2.24, 2.45) is 0 Å². The first-order chi connectivity index (χ1) is 10.3. The molecule has 0 saturated carbocycles. The molecule has 7 heteroatoms. The lowest BCUT2D eigenvalue weighted by atomic mass is 10.1. The lowest BCUT2D eigenvalue weighted by Crippen LogP contribution is -2.14. The van der Waals surface area contributed by atoms with Crippen molar-refractivity contribution in [2.45, 2.75) is 6.18 Å². The average Bonchev–Trinajstić information content (AvgIpc) is 2.48. The van der Waals surface area contributed by atoms with Crippen LogP contribution in [-0.4, -0.2) is 13.0 Å². The molecule has 0 spiro atoms. The van der Waals surface area contributed by atoms with Gasteiger partial charge in [-0.3, -0.25) is 4.79 Å². The molecule has 1 amide bonds. The number of hydrogen-bond donors (Lipinski definition) is 2. The van der Waals surface area contributed by atoms with Crippen LogP contribution in [0.5, 0.6) is 0 Å². The molecule has 0 radical (unpaired) electrons. The zero-order chi connectivity index (χ0) is 16.3. The third-order valence-corrected chi connectivity index (χ3v) is 3.28. The van der Waals surface area contributed by atoms with E-state index >= 15 is 0 Å². The molecular formula is C15H12ClF3N2O. The predicted molar refractivity (Wildman–Crippen MR) is 80.4 cm³/mol. The lowest BCUT2D eigenvalue weighted by Gasteiger charge is -2.11. The first-order valence-corrected chi connectivity index (χ1v) is 6.65. The second-order valence-corrected chi connectivity index (χ2v) is 4.88. The van der Waals surface area contributed by atoms with Crippen molar-refractivity contribution in [3.8, 4) is 0 Å². The summed E-state index contributed by atoms with van der Waals surface area (Å²) in [6.45, 7) is 0. The summed E-state index contributed by atoms with van der Waals surface area (Å²) in [6, 6.07) is 8.97. The van der Waals surface area contributed by atoms with Crippen LogP contribution in [0, 0.1) is 0 Å². The van der Waals surface area contributed by atoms with Gasteiger partial charge in [0.2, 0.25) is 0 Å². The molecule has 2 aromatic carbocycles. The molecule has 0 atom stereocenters. The van der Waals surface area contributed by atoms with E-state index in [1.54, 1.807) is 25.2 Å². The Morgan fingerprint density at radius 3 is 2.50 bits per heavy atom. The SMILES string of the molecule is CNc1cc(NC(=O)c2cccc(C(F)(F)F)c2)ccc1Cl. The predicted octanol–water partition coefficient (Wildman–Crippen LogP) is 4.65. The van der Waals surface area contributed by atoms with Gasteiger partial charge in [-0.2, -0.15) is 13.2 Å². The fourth-order valence-electron chi connectivity index (χ4n) is 1.83. The summed E-state index contributed by atoms with van der Waals surface area (Å²) in [5, 5.41) is 5.85. The van der Waals surface area contributed by atoms with Crippen LogP contribution < -0.4 is 10.6 Å². The summed E-state index contributed by atoms with van der Waals surface area (Å²) in [4.78, 5) is 12.0. The van der Waals surface area contributed by atoms with Crippen LogP contribution in [0.4, 0.5) is 24.5 Å². The van der Waals surface area contributed by atoms with Crippen LogP contribution in [0.15, 0.2) is 42.5 Å². The minimum atomic E-state index is -4.49. The molecule has 0 bridgehead atoms. The van der Waals surface area contributed by atoms with Crippen LogP contribution in [0.2, 0.25) is 5.02 Å². The largest absolute Gasteiger partial charge is 0.416 e. The van der Waals surface area contributed by atoms with Crippen molar-refractivity contribution in [1.82, 2.24) is 0 Å². The van der Waals surface area contributed by atoms with Crippen LogP contribution in [0.1, 0.15) is 15.9 Å². The minimum Gasteiger partial charge on any atom is -0.387 e. The van der Waals surface area contributed by atoms with Gasteiger partial charge in [0, 0.05) is 18.3 Å². The summed E-state index contributed by atoms with van der Waals surface area (Å²) in [6.07, 6.45) is -4.49. The number of anilines is 2. The Hall–Kier alpha value is -2.21. The molecular weight excluding hydrogens is 317 g/mol. The van der Waals surface area contributed by atoms with E-state index < -0.39 is 17.6 Å². The lowest BCUT2D eigenvalue weighted by molar-refractivity contribution is -0.137. The Morgan fingerprint density at radius 1 is 1.14 bits per heavy atom. The first kappa shape index (κ1) is 16.2. The second kappa shape index (κ2) is 6.27. The van der Waals surface area contributed by atoms with Gasteiger partial charge in [0.25, 0.3) is 5.91 Å². The van der Waals surface area contributed by atoms with Gasteiger partial charge in [0.15, 0.2) is 0 Å². The third kappa shape index (κ3) is 3.71. The highest BCUT2D eigenvalue weighted by Crippen LogP contribution is 2.30. The van der Waals surface area contributed by atoms with E-state index in [2.05, 4.69) is 10.6 Å². The van der Waals surface area contributed by atoms with Gasteiger partial charge in [-0.1, -0.05) is 17.7 Å². The molecule has 0 heterocycles. The Morgan fingerprint density at radius 2 is 1.86 bits per heavy atom. The molecule has 22 heavy (non-hydrogen) atoms. The number of amides is 1. The van der Waals surface area contributed by atoms with Crippen LogP contribution in [0.3, 0.4) is 0 Å². The van der Waals surface area contributed by atoms with E-state index in [9.17, 15) is 18.0 Å². The standard InChI is InChI=1S/C15H12ClF3N2O/c1-20-13-8-11(5-6-12(13)16)21-14(22)9-3-2-4-10(7-9)15(17,18)19/h2-8,20H,1H3,(H,21,22). The molecule has 2 rings (SSSR count). The first-order valence-electron chi connectivity index (χ1n) is 6.27. The number of hydrogen-bond acceptors (Lipinski definition) is 2. The monoisotopic (exact) mass is 328 g/mol. The number of carbonyl (C=O) groups excluding carboxylic acids is 1. The van der Waals surface area contributed by atoms with Crippen molar-refractivity contribution in [3.05, 3.63) is 58.6 Å². The average molecular weight is 329 g/mol. The Kier molecular flexibility index (Phi) is 4.61. The quantitative estimate of drug-likeness (QED) is 0.861. The highest BCUT2D eigenvalue weighted by Gasteiger charge is 2.30. The maximum atomic E-state index is 12.6. The molecule has 0 aliphatic rings. The molecule has 0 aliphatic carbocycles. The van der Waals surface area contributed by atoms with Crippen LogP contribution in [0.25, 0.3) is 0 Å². The van der Waals surface area contributed by atoms with E-state index in [1.165, 1.54) is 12.1 Å². The van der Waals surface area contributed by atoms with E-state index in [0.29, 0.717) is 16.4 Å². The van der Waals surface area contributed by atoms with Gasteiger partial charge in [0.05, 0.1) is 16.3 Å². The maximum Gasteiger partial charge on any atom is 0.416 e. The second-order valence-electron chi connectivity index (χ2n) is 4.48. The molecule has 0 unspecified atom stereocenters. The van der Waals surface area contributed by atoms with Crippen molar-refractivity contribution in [3.63, 3.8) is 0 Å². The zero-order valence-electron chi connectivity index (χ0n) is 11.5. The van der Waals surface area contributed by atoms with E-state index in [0.717, 1.165) is 12.1 Å². The summed E-state index contributed by atoms with van der Waals surface area (Å²) < 4.78 is 37.9. The molecule has 0 aromatic heterocycles. The van der Waals surface area contributed by atoms with E-state index in [-0.39, 0.29) is 5.56 Å². The number of nitrogens with one attached hydrogen (secondary N) is 2. The number of carbonyl (C=O) groups is 1. The van der Waals surface area contributed by atoms with Crippen molar-refractivity contribution in [2.75, 3.05) is 17.7 Å². The Bertz CT molecular complexity index is 701. The van der Waals surface area contributed by atoms with Crippen LogP contribution in [-0.2, 0) is 6.18 Å². The van der Waals surface area contributed by atoms with Gasteiger partial charge in [-0.25, -0.2) is 0 Å². The van der Waals surface area contributed by atoms with Crippen molar-refractivity contribution < 1.29 is 18.0 Å². The fraction of sp³-hybridized carbons (Fsp3) is 0.133. The summed E-state index contributed by atoms with van der Waals surface area (Å²) in [5.74, 6) is -0.629. The van der Waals surface area contributed by atoms with Crippen LogP contribution >= 0.6 is 11.6 Å². The van der Waals surface area contributed by atoms with Gasteiger partial charge in [-0.05, 0) is 36.4 Å². The van der Waals surface area contributed by atoms with Gasteiger partial charge in [-0.15, -0.1) is 0 Å². The zero-order valence-corrected chi connectivity index (χ0v) is 12.2. The van der Waals surface area contributed by atoms with E-state index in [4.69, 9.17) is 11.6 Å². The third-order valence-electron chi connectivity index (χ3n) is 2.95. The number of alkyl halides is 3. The number of rotatable bonds is 3. The smallest absolute Gasteiger partial charge is 0.387 e. The summed E-state index contributed by atoms with van der Waals surface area (Å²) >= 11 is 5.92. The molecule has 0 fully saturated rings. The molecule has 0 saturated heterocycles. The molecule has 116 valence electrons. The fourth-order valence-corrected chi connectivity index (χ4v) is 2.05. The highest BCUT2D eigenvalue weighted by molar-refractivity contribution is 6.33. The molecule has 2 aromatic rings. The van der Waals surface area contributed by atoms with Gasteiger partial charge >= 0.3 is 6.18 Å². The molecule has 2 N–H and O–H groups in total.